The van der Waals surface area contributed by atoms with E-state index in [0.29, 0.717) is 5.88 Å². The second kappa shape index (κ2) is 4.37. The molecule has 1 aromatic rings. The van der Waals surface area contributed by atoms with Crippen molar-refractivity contribution in [3.63, 3.8) is 0 Å². The molecule has 0 atom stereocenters. The monoisotopic (exact) mass is 264 g/mol. The molecule has 17 heavy (non-hydrogen) atoms. The molecule has 0 radical (unpaired) electrons. The lowest BCUT2D eigenvalue weighted by Crippen LogP contribution is -2.47. The topological polar surface area (TPSA) is 24.9 Å². The van der Waals surface area contributed by atoms with Crippen LogP contribution in [0.1, 0.15) is 25.0 Å². The van der Waals surface area contributed by atoms with Crippen LogP contribution in [0.3, 0.4) is 0 Å². The third kappa shape index (κ3) is 2.65. The van der Waals surface area contributed by atoms with Gasteiger partial charge in [0.2, 0.25) is 0 Å². The number of hydrogen-bond donors (Lipinski definition) is 1. The highest BCUT2D eigenvalue weighted by atomic mass is 35.5. The lowest BCUT2D eigenvalue weighted by Gasteiger charge is -2.41. The van der Waals surface area contributed by atoms with E-state index in [1.165, 1.54) is 12.1 Å². The van der Waals surface area contributed by atoms with Gasteiger partial charge in [-0.2, -0.15) is 13.2 Å². The molecule has 1 N–H and O–H groups in total. The third-order valence-corrected chi connectivity index (χ3v) is 3.51. The van der Waals surface area contributed by atoms with Gasteiger partial charge in [0, 0.05) is 5.88 Å². The highest BCUT2D eigenvalue weighted by Crippen LogP contribution is 2.36. The van der Waals surface area contributed by atoms with E-state index < -0.39 is 11.9 Å². The SMILES string of the molecule is FC(F)(F)c1cccc(NC2(CCl)CCC2)n1. The molecular formula is C11H12ClF3N2. The van der Waals surface area contributed by atoms with Crippen molar-refractivity contribution < 1.29 is 13.2 Å². The molecule has 1 fully saturated rings. The Bertz CT molecular complexity index is 396. The second-order valence-corrected chi connectivity index (χ2v) is 4.57. The zero-order valence-electron chi connectivity index (χ0n) is 9.02. The number of anilines is 1. The minimum Gasteiger partial charge on any atom is -0.363 e. The molecule has 1 heterocycles. The molecule has 0 amide bonds. The van der Waals surface area contributed by atoms with Crippen LogP contribution in [0.25, 0.3) is 0 Å². The Morgan fingerprint density at radius 3 is 2.53 bits per heavy atom. The van der Waals surface area contributed by atoms with Gasteiger partial charge in [-0.1, -0.05) is 6.07 Å². The predicted octanol–water partition coefficient (Wildman–Crippen LogP) is 3.67. The van der Waals surface area contributed by atoms with Gasteiger partial charge in [-0.05, 0) is 31.4 Å². The molecule has 0 unspecified atom stereocenters. The molecule has 94 valence electrons. The van der Waals surface area contributed by atoms with Gasteiger partial charge in [0.1, 0.15) is 11.5 Å². The summed E-state index contributed by atoms with van der Waals surface area (Å²) in [4.78, 5) is 3.56. The Balaban J connectivity index is 2.17. The van der Waals surface area contributed by atoms with Crippen molar-refractivity contribution in [2.75, 3.05) is 11.2 Å². The Hall–Kier alpha value is -0.970. The molecule has 0 aromatic carbocycles. The molecule has 1 aromatic heterocycles. The summed E-state index contributed by atoms with van der Waals surface area (Å²) in [5, 5.41) is 3.01. The van der Waals surface area contributed by atoms with Gasteiger partial charge < -0.3 is 5.32 Å². The van der Waals surface area contributed by atoms with Gasteiger partial charge in [0.05, 0.1) is 5.54 Å². The van der Waals surface area contributed by atoms with Crippen LogP contribution in [-0.4, -0.2) is 16.4 Å². The van der Waals surface area contributed by atoms with E-state index in [4.69, 9.17) is 11.6 Å². The lowest BCUT2D eigenvalue weighted by molar-refractivity contribution is -0.141. The summed E-state index contributed by atoms with van der Waals surface area (Å²) in [6.07, 6.45) is -1.63. The Morgan fingerprint density at radius 1 is 1.35 bits per heavy atom. The highest BCUT2D eigenvalue weighted by molar-refractivity contribution is 6.19. The van der Waals surface area contributed by atoms with Crippen LogP contribution in [0.4, 0.5) is 19.0 Å². The summed E-state index contributed by atoms with van der Waals surface area (Å²) >= 11 is 5.83. The van der Waals surface area contributed by atoms with E-state index in [1.807, 2.05) is 0 Å². The van der Waals surface area contributed by atoms with Gasteiger partial charge in [-0.25, -0.2) is 4.98 Å². The van der Waals surface area contributed by atoms with Crippen molar-refractivity contribution in [3.8, 4) is 0 Å². The van der Waals surface area contributed by atoms with Crippen LogP contribution < -0.4 is 5.32 Å². The van der Waals surface area contributed by atoms with E-state index >= 15 is 0 Å². The first-order valence-corrected chi connectivity index (χ1v) is 5.87. The van der Waals surface area contributed by atoms with E-state index in [0.717, 1.165) is 25.3 Å². The Labute approximate surface area is 102 Å². The average molecular weight is 265 g/mol. The molecule has 0 bridgehead atoms. The van der Waals surface area contributed by atoms with Gasteiger partial charge in [-0.15, -0.1) is 11.6 Å². The fourth-order valence-electron chi connectivity index (χ4n) is 1.83. The van der Waals surface area contributed by atoms with Crippen LogP contribution in [0.2, 0.25) is 0 Å². The summed E-state index contributed by atoms with van der Waals surface area (Å²) in [5.41, 5.74) is -1.16. The first-order valence-electron chi connectivity index (χ1n) is 5.34. The first kappa shape index (κ1) is 12.5. The van der Waals surface area contributed by atoms with Crippen LogP contribution >= 0.6 is 11.6 Å². The Morgan fingerprint density at radius 2 is 2.06 bits per heavy atom. The van der Waals surface area contributed by atoms with E-state index in [-0.39, 0.29) is 11.4 Å². The molecule has 1 aliphatic rings. The second-order valence-electron chi connectivity index (χ2n) is 4.30. The summed E-state index contributed by atoms with van der Waals surface area (Å²) in [6.45, 7) is 0. The lowest BCUT2D eigenvalue weighted by atomic mass is 9.78. The summed E-state index contributed by atoms with van der Waals surface area (Å²) in [7, 11) is 0. The van der Waals surface area contributed by atoms with Crippen LogP contribution in [0, 0.1) is 0 Å². The number of aromatic nitrogens is 1. The fraction of sp³-hybridized carbons (Fsp3) is 0.545. The maximum Gasteiger partial charge on any atom is 0.433 e. The van der Waals surface area contributed by atoms with E-state index in [2.05, 4.69) is 10.3 Å². The molecule has 0 spiro atoms. The zero-order chi connectivity index (χ0) is 12.5. The average Bonchev–Trinajstić information content (AvgIpc) is 2.23. The number of hydrogen-bond acceptors (Lipinski definition) is 2. The summed E-state index contributed by atoms with van der Waals surface area (Å²) in [5.74, 6) is 0.616. The number of nitrogens with zero attached hydrogens (tertiary/aromatic N) is 1. The number of nitrogens with one attached hydrogen (secondary N) is 1. The van der Waals surface area contributed by atoms with Crippen molar-refractivity contribution in [1.29, 1.82) is 0 Å². The number of alkyl halides is 4. The van der Waals surface area contributed by atoms with Gasteiger partial charge in [-0.3, -0.25) is 0 Å². The van der Waals surface area contributed by atoms with E-state index in [9.17, 15) is 13.2 Å². The minimum atomic E-state index is -4.41. The summed E-state index contributed by atoms with van der Waals surface area (Å²) in [6, 6.07) is 3.83. The standard InChI is InChI=1S/C11H12ClF3N2/c12-7-10(5-2-6-10)17-9-4-1-3-8(16-9)11(13,14)15/h1,3-4H,2,5-7H2,(H,16,17). The molecule has 2 nitrogen and oxygen atoms in total. The predicted molar refractivity (Wildman–Crippen MR) is 60.2 cm³/mol. The fourth-order valence-corrected chi connectivity index (χ4v) is 2.16. The molecule has 6 heteroatoms. The smallest absolute Gasteiger partial charge is 0.363 e. The van der Waals surface area contributed by atoms with Crippen molar-refractivity contribution in [1.82, 2.24) is 4.98 Å². The largest absolute Gasteiger partial charge is 0.433 e. The molecule has 0 aliphatic heterocycles. The van der Waals surface area contributed by atoms with Crippen molar-refractivity contribution in [2.24, 2.45) is 0 Å². The van der Waals surface area contributed by atoms with Crippen LogP contribution in [0.15, 0.2) is 18.2 Å². The third-order valence-electron chi connectivity index (χ3n) is 3.00. The first-order chi connectivity index (χ1) is 7.95. The van der Waals surface area contributed by atoms with Gasteiger partial charge in [0.25, 0.3) is 0 Å². The zero-order valence-corrected chi connectivity index (χ0v) is 9.78. The van der Waals surface area contributed by atoms with Crippen molar-refractivity contribution in [3.05, 3.63) is 23.9 Å². The van der Waals surface area contributed by atoms with Crippen LogP contribution in [-0.2, 0) is 6.18 Å². The van der Waals surface area contributed by atoms with Crippen LogP contribution in [0.5, 0.6) is 0 Å². The summed E-state index contributed by atoms with van der Waals surface area (Å²) < 4.78 is 37.4. The minimum absolute atomic E-state index is 0.236. The maximum atomic E-state index is 12.5. The van der Waals surface area contributed by atoms with E-state index in [1.54, 1.807) is 0 Å². The molecule has 1 saturated carbocycles. The number of rotatable bonds is 3. The normalized spacial score (nSPS) is 18.6. The van der Waals surface area contributed by atoms with Crippen molar-refractivity contribution in [2.45, 2.75) is 31.0 Å². The molecule has 1 aliphatic carbocycles. The highest BCUT2D eigenvalue weighted by Gasteiger charge is 2.37. The quantitative estimate of drug-likeness (QED) is 0.843. The molecular weight excluding hydrogens is 253 g/mol. The number of pyridine rings is 1. The Kier molecular flexibility index (Phi) is 3.21. The van der Waals surface area contributed by atoms with Gasteiger partial charge in [0.15, 0.2) is 0 Å². The molecule has 2 rings (SSSR count). The van der Waals surface area contributed by atoms with Gasteiger partial charge >= 0.3 is 6.18 Å². The molecule has 0 saturated heterocycles. The number of halogens is 4. The van der Waals surface area contributed by atoms with Crippen molar-refractivity contribution >= 4 is 17.4 Å². The maximum absolute atomic E-state index is 12.5.